The lowest BCUT2D eigenvalue weighted by Crippen LogP contribution is -2.43. The van der Waals surface area contributed by atoms with Crippen molar-refractivity contribution in [1.29, 1.82) is 0 Å². The van der Waals surface area contributed by atoms with Crippen LogP contribution in [0, 0.1) is 20.2 Å². The van der Waals surface area contributed by atoms with Crippen molar-refractivity contribution < 1.29 is 19.4 Å². The van der Waals surface area contributed by atoms with Gasteiger partial charge < -0.3 is 9.53 Å². The van der Waals surface area contributed by atoms with E-state index in [-0.39, 0.29) is 22.2 Å². The van der Waals surface area contributed by atoms with Crippen molar-refractivity contribution in [3.05, 3.63) is 68.8 Å². The molecule has 0 saturated carbocycles. The fourth-order valence-electron chi connectivity index (χ4n) is 1.66. The second kappa shape index (κ2) is 8.63. The molecule has 0 aromatic heterocycles. The highest BCUT2D eigenvalue weighted by Crippen LogP contribution is 2.37. The summed E-state index contributed by atoms with van der Waals surface area (Å²) >= 11 is 0. The third-order valence-corrected chi connectivity index (χ3v) is 8.65. The first kappa shape index (κ1) is 22.1. The monoisotopic (exact) mass is 392 g/mol. The van der Waals surface area contributed by atoms with Crippen molar-refractivity contribution >= 4 is 19.7 Å². The number of nitro benzene ring substituents is 2. The van der Waals surface area contributed by atoms with Crippen molar-refractivity contribution in [1.82, 2.24) is 0 Å². The van der Waals surface area contributed by atoms with E-state index in [2.05, 4.69) is 33.9 Å². The number of nitro groups is 2. The molecule has 0 fully saturated rings. The maximum absolute atomic E-state index is 10.5. The molecule has 1 N–H and O–H groups in total. The molecule has 2 rings (SSSR count). The van der Waals surface area contributed by atoms with Gasteiger partial charge in [0.25, 0.3) is 11.4 Å². The normalized spacial score (nSPS) is 11.1. The van der Waals surface area contributed by atoms with E-state index in [1.807, 2.05) is 0 Å². The van der Waals surface area contributed by atoms with Crippen LogP contribution in [0.3, 0.4) is 0 Å². The van der Waals surface area contributed by atoms with Gasteiger partial charge in [-0.15, -0.1) is 0 Å². The lowest BCUT2D eigenvalue weighted by Gasteiger charge is -2.36. The van der Waals surface area contributed by atoms with Gasteiger partial charge in [-0.3, -0.25) is 20.2 Å². The zero-order valence-electron chi connectivity index (χ0n) is 16.0. The average molecular weight is 392 g/mol. The number of hydrogen-bond donors (Lipinski definition) is 1. The molecule has 0 radical (unpaired) electrons. The zero-order valence-corrected chi connectivity index (χ0v) is 17.0. The summed E-state index contributed by atoms with van der Waals surface area (Å²) in [5, 5.41) is 29.4. The van der Waals surface area contributed by atoms with E-state index in [0.29, 0.717) is 5.75 Å². The maximum atomic E-state index is 10.5. The van der Waals surface area contributed by atoms with Gasteiger partial charge in [-0.1, -0.05) is 20.8 Å². The number of rotatable bonds is 4. The minimum absolute atomic E-state index is 0.0159. The molecule has 0 unspecified atom stereocenters. The van der Waals surface area contributed by atoms with Gasteiger partial charge in [-0.25, -0.2) is 0 Å². The summed E-state index contributed by atoms with van der Waals surface area (Å²) in [6.07, 6.45) is 0. The molecule has 9 heteroatoms. The molecule has 27 heavy (non-hydrogen) atoms. The van der Waals surface area contributed by atoms with E-state index in [1.165, 1.54) is 36.4 Å². The molecule has 0 heterocycles. The predicted octanol–water partition coefficient (Wildman–Crippen LogP) is 5.28. The smallest absolute Gasteiger partial charge is 0.269 e. The summed E-state index contributed by atoms with van der Waals surface area (Å²) in [6.45, 7) is 10.8. The topological polar surface area (TPSA) is 116 Å². The first-order valence-corrected chi connectivity index (χ1v) is 11.1. The van der Waals surface area contributed by atoms with Crippen LogP contribution in [0.25, 0.3) is 0 Å². The summed E-state index contributed by atoms with van der Waals surface area (Å²) in [5.41, 5.74) is 0.0744. The molecule has 146 valence electrons. The van der Waals surface area contributed by atoms with Gasteiger partial charge in [0.1, 0.15) is 11.5 Å². The van der Waals surface area contributed by atoms with Gasteiger partial charge >= 0.3 is 0 Å². The minimum Gasteiger partial charge on any atom is -0.543 e. The van der Waals surface area contributed by atoms with Crippen LogP contribution in [0.15, 0.2) is 48.5 Å². The van der Waals surface area contributed by atoms with Gasteiger partial charge in [0.2, 0.25) is 8.32 Å². The van der Waals surface area contributed by atoms with Crippen molar-refractivity contribution in [3.8, 4) is 11.5 Å². The number of non-ortho nitro benzene ring substituents is 2. The van der Waals surface area contributed by atoms with Gasteiger partial charge in [0.05, 0.1) is 9.85 Å². The van der Waals surface area contributed by atoms with Gasteiger partial charge in [0.15, 0.2) is 0 Å². The van der Waals surface area contributed by atoms with Gasteiger partial charge in [-0.2, -0.15) is 0 Å². The summed E-state index contributed by atoms with van der Waals surface area (Å²) < 4.78 is 6.02. The van der Waals surface area contributed by atoms with Crippen molar-refractivity contribution in [2.75, 3.05) is 0 Å². The van der Waals surface area contributed by atoms with Crippen molar-refractivity contribution in [2.45, 2.75) is 38.9 Å². The Labute approximate surface area is 158 Å². The number of hydrogen-bond acceptors (Lipinski definition) is 6. The number of nitrogens with zero attached hydrogens (tertiary/aromatic N) is 2. The van der Waals surface area contributed by atoms with Crippen molar-refractivity contribution in [3.63, 3.8) is 0 Å². The second-order valence-electron chi connectivity index (χ2n) is 7.39. The standard InChI is InChI=1S/C12H19NO3Si.C6H5NO3/c1-12(2,3)17(4,5)16-11-8-6-10(7-9-11)13(14)15;8-6-3-1-5(2-4-6)7(9)10/h6-9H,1-5H3;1-4,8H. The Morgan fingerprint density at radius 2 is 1.22 bits per heavy atom. The van der Waals surface area contributed by atoms with Crippen LogP contribution in [0.5, 0.6) is 11.5 Å². The summed E-state index contributed by atoms with van der Waals surface area (Å²) in [5.74, 6) is 0.743. The predicted molar refractivity (Wildman–Crippen MR) is 106 cm³/mol. The van der Waals surface area contributed by atoms with Gasteiger partial charge in [-0.05, 0) is 42.4 Å². The minimum atomic E-state index is -1.86. The molecule has 0 atom stereocenters. The molecule has 0 bridgehead atoms. The average Bonchev–Trinajstić information content (AvgIpc) is 2.55. The fraction of sp³-hybridized carbons (Fsp3) is 0.333. The fourth-order valence-corrected chi connectivity index (χ4v) is 2.69. The highest BCUT2D eigenvalue weighted by Gasteiger charge is 2.38. The SMILES string of the molecule is CC(C)(C)[Si](C)(C)Oc1ccc([N+](=O)[O-])cc1.O=[N+]([O-])c1ccc(O)cc1. The zero-order chi connectivity index (χ0) is 20.8. The van der Waals surface area contributed by atoms with Crippen LogP contribution in [0.1, 0.15) is 20.8 Å². The maximum Gasteiger partial charge on any atom is 0.269 e. The van der Waals surface area contributed by atoms with Crippen LogP contribution >= 0.6 is 0 Å². The number of phenols is 1. The first-order chi connectivity index (χ1) is 12.3. The highest BCUT2D eigenvalue weighted by molar-refractivity contribution is 6.74. The summed E-state index contributed by atoms with van der Waals surface area (Å²) in [6, 6.07) is 11.3. The van der Waals surface area contributed by atoms with Gasteiger partial charge in [0, 0.05) is 24.3 Å². The first-order valence-electron chi connectivity index (χ1n) is 8.20. The number of benzene rings is 2. The molecule has 0 saturated heterocycles. The molecule has 0 amide bonds. The quantitative estimate of drug-likeness (QED) is 0.430. The van der Waals surface area contributed by atoms with Crippen LogP contribution in [-0.4, -0.2) is 23.3 Å². The Hall–Kier alpha value is -2.94. The largest absolute Gasteiger partial charge is 0.543 e. The van der Waals surface area contributed by atoms with E-state index in [4.69, 9.17) is 9.53 Å². The Balaban J connectivity index is 0.000000309. The van der Waals surface area contributed by atoms with E-state index in [9.17, 15) is 20.2 Å². The molecule has 2 aromatic carbocycles. The molecule has 0 aliphatic rings. The molecule has 0 aliphatic heterocycles. The highest BCUT2D eigenvalue weighted by atomic mass is 28.4. The third kappa shape index (κ3) is 6.70. The Morgan fingerprint density at radius 3 is 1.56 bits per heavy atom. The lowest BCUT2D eigenvalue weighted by atomic mass is 10.2. The van der Waals surface area contributed by atoms with E-state index in [0.717, 1.165) is 0 Å². The van der Waals surface area contributed by atoms with E-state index >= 15 is 0 Å². The molecule has 0 aliphatic carbocycles. The summed E-state index contributed by atoms with van der Waals surface area (Å²) in [7, 11) is -1.86. The molecular formula is C18H24N2O6Si. The number of phenolic OH excluding ortho intramolecular Hbond substituents is 1. The molecule has 0 spiro atoms. The van der Waals surface area contributed by atoms with E-state index < -0.39 is 18.2 Å². The summed E-state index contributed by atoms with van der Waals surface area (Å²) in [4.78, 5) is 19.6. The Morgan fingerprint density at radius 1 is 0.852 bits per heavy atom. The molecule has 2 aromatic rings. The van der Waals surface area contributed by atoms with Crippen LogP contribution in [0.2, 0.25) is 18.1 Å². The van der Waals surface area contributed by atoms with Crippen LogP contribution in [0.4, 0.5) is 11.4 Å². The van der Waals surface area contributed by atoms with Crippen LogP contribution in [-0.2, 0) is 0 Å². The second-order valence-corrected chi connectivity index (χ2v) is 12.1. The van der Waals surface area contributed by atoms with E-state index in [1.54, 1.807) is 12.1 Å². The van der Waals surface area contributed by atoms with Crippen molar-refractivity contribution in [2.24, 2.45) is 0 Å². The Bertz CT molecular complexity index is 783. The lowest BCUT2D eigenvalue weighted by molar-refractivity contribution is -0.385. The number of aromatic hydroxyl groups is 1. The molecular weight excluding hydrogens is 368 g/mol. The van der Waals surface area contributed by atoms with Crippen LogP contribution < -0.4 is 4.43 Å². The Kier molecular flexibility index (Phi) is 7.06. The molecule has 8 nitrogen and oxygen atoms in total. The third-order valence-electron chi connectivity index (χ3n) is 4.29.